The van der Waals surface area contributed by atoms with E-state index < -0.39 is 114 Å². The second kappa shape index (κ2) is 37.1. The van der Waals surface area contributed by atoms with E-state index in [-0.39, 0.29) is 107 Å². The number of imidazole rings is 1. The number of primary amides is 1. The van der Waals surface area contributed by atoms with Crippen molar-refractivity contribution in [3.05, 3.63) is 58.5 Å². The van der Waals surface area contributed by atoms with Gasteiger partial charge in [-0.05, 0) is 101 Å². The van der Waals surface area contributed by atoms with Crippen LogP contribution in [0.2, 0.25) is 0 Å². The Labute approximate surface area is 496 Å². The van der Waals surface area contributed by atoms with Crippen LogP contribution in [-0.4, -0.2) is 163 Å². The molecule has 3 aromatic rings. The number of nitrogens with two attached hydrogens (primary N) is 6. The van der Waals surface area contributed by atoms with E-state index in [1.54, 1.807) is 26.0 Å². The summed E-state index contributed by atoms with van der Waals surface area (Å²) in [6.45, 7) is 5.99. The molecule has 0 aliphatic heterocycles. The van der Waals surface area contributed by atoms with Gasteiger partial charge in [0.15, 0.2) is 11.9 Å². The molecule has 2 aromatic heterocycles. The van der Waals surface area contributed by atoms with E-state index in [0.29, 0.717) is 41.7 Å². The number of benzene rings is 1. The van der Waals surface area contributed by atoms with E-state index in [2.05, 4.69) is 67.8 Å². The Balaban J connectivity index is 1.90. The lowest BCUT2D eigenvalue weighted by molar-refractivity contribution is -0.136. The van der Waals surface area contributed by atoms with Gasteiger partial charge >= 0.3 is 5.63 Å². The van der Waals surface area contributed by atoms with E-state index in [1.807, 2.05) is 0 Å². The second-order valence-corrected chi connectivity index (χ2v) is 20.6. The van der Waals surface area contributed by atoms with Crippen molar-refractivity contribution in [3.63, 3.8) is 0 Å². The van der Waals surface area contributed by atoms with Crippen LogP contribution < -0.4 is 92.6 Å². The lowest BCUT2D eigenvalue weighted by Gasteiger charge is -2.28. The summed E-state index contributed by atoms with van der Waals surface area (Å²) >= 11 is 0. The average Bonchev–Trinajstić information content (AvgIpc) is 1.69. The molecule has 0 radical (unpaired) electrons. The summed E-state index contributed by atoms with van der Waals surface area (Å²) in [5.41, 5.74) is 33.7. The average molecular weight is 1210 g/mol. The molecule has 474 valence electrons. The zero-order valence-electron chi connectivity index (χ0n) is 49.2. The molecule has 0 fully saturated rings. The number of carbonyl (C=O) groups excluding carboxylic acids is 10. The molecule has 0 saturated carbocycles. The van der Waals surface area contributed by atoms with Crippen molar-refractivity contribution in [1.29, 1.82) is 0 Å². The Hall–Kier alpha value is -9.36. The van der Waals surface area contributed by atoms with Gasteiger partial charge in [-0.15, -0.1) is 0 Å². The van der Waals surface area contributed by atoms with Crippen LogP contribution in [0.3, 0.4) is 0 Å². The van der Waals surface area contributed by atoms with Gasteiger partial charge in [0.25, 0.3) is 0 Å². The first-order valence-corrected chi connectivity index (χ1v) is 28.1. The highest BCUT2D eigenvalue weighted by molar-refractivity contribution is 5.98. The molecule has 0 aliphatic rings. The number of nitrogens with zero attached hydrogens (tertiary/aromatic N) is 3. The van der Waals surface area contributed by atoms with Gasteiger partial charge in [0, 0.05) is 62.4 Å². The predicted molar refractivity (Wildman–Crippen MR) is 317 cm³/mol. The Morgan fingerprint density at radius 2 is 1.16 bits per heavy atom. The number of aromatic amines is 1. The molecule has 7 atom stereocenters. The molecule has 32 heteroatoms. The molecular weight excluding hydrogens is 1120 g/mol. The van der Waals surface area contributed by atoms with Gasteiger partial charge in [-0.1, -0.05) is 13.8 Å². The number of aliphatic imine (C=N–C) groups is 2. The molecular formula is C54H85N19O13. The lowest BCUT2D eigenvalue weighted by atomic mass is 10.0. The number of aromatic nitrogens is 2. The van der Waals surface area contributed by atoms with Crippen LogP contribution in [0.4, 0.5) is 0 Å². The molecule has 32 nitrogen and oxygen atoms in total. The van der Waals surface area contributed by atoms with Crippen molar-refractivity contribution >= 4 is 82.0 Å². The molecule has 1 aromatic carbocycles. The van der Waals surface area contributed by atoms with Gasteiger partial charge in [0.2, 0.25) is 59.1 Å². The van der Waals surface area contributed by atoms with E-state index in [4.69, 9.17) is 43.6 Å². The number of ether oxygens (including phenoxy) is 1. The van der Waals surface area contributed by atoms with E-state index in [0.717, 1.165) is 6.07 Å². The zero-order valence-corrected chi connectivity index (χ0v) is 49.2. The number of fused-ring (bicyclic) bond motifs is 1. The summed E-state index contributed by atoms with van der Waals surface area (Å²) in [4.78, 5) is 162. The van der Waals surface area contributed by atoms with Gasteiger partial charge in [-0.3, -0.25) is 57.9 Å². The molecule has 0 saturated heterocycles. The van der Waals surface area contributed by atoms with Crippen molar-refractivity contribution in [2.24, 2.45) is 50.3 Å². The fourth-order valence-corrected chi connectivity index (χ4v) is 8.60. The summed E-state index contributed by atoms with van der Waals surface area (Å²) in [6, 6.07) is -3.35. The molecule has 3 rings (SSSR count). The molecule has 0 spiro atoms. The summed E-state index contributed by atoms with van der Waals surface area (Å²) in [7, 11) is 1.44. The molecule has 0 bridgehead atoms. The molecule has 22 N–H and O–H groups in total. The molecule has 2 heterocycles. The van der Waals surface area contributed by atoms with E-state index >= 15 is 0 Å². The first-order chi connectivity index (χ1) is 40.8. The number of unbranched alkanes of at least 4 members (excludes halogenated alkanes) is 2. The van der Waals surface area contributed by atoms with Gasteiger partial charge in [0.05, 0.1) is 26.4 Å². The van der Waals surface area contributed by atoms with Crippen molar-refractivity contribution < 1.29 is 57.1 Å². The maximum Gasteiger partial charge on any atom is 0.336 e. The number of rotatable bonds is 39. The van der Waals surface area contributed by atoms with E-state index in [1.165, 1.54) is 39.5 Å². The highest BCUT2D eigenvalue weighted by Gasteiger charge is 2.34. The van der Waals surface area contributed by atoms with Crippen LogP contribution in [0, 0.1) is 5.92 Å². The van der Waals surface area contributed by atoms with Crippen LogP contribution in [0.15, 0.2) is 56.0 Å². The largest absolute Gasteiger partial charge is 0.497 e. The van der Waals surface area contributed by atoms with Crippen molar-refractivity contribution in [2.45, 2.75) is 147 Å². The first-order valence-electron chi connectivity index (χ1n) is 28.1. The fourth-order valence-electron chi connectivity index (χ4n) is 8.60. The number of methoxy groups -OCH3 is 1. The predicted octanol–water partition coefficient (Wildman–Crippen LogP) is -4.48. The second-order valence-electron chi connectivity index (χ2n) is 20.6. The maximum atomic E-state index is 14.6. The van der Waals surface area contributed by atoms with Crippen LogP contribution >= 0.6 is 0 Å². The summed E-state index contributed by atoms with van der Waals surface area (Å²) in [5, 5.41) is 24.0. The smallest absolute Gasteiger partial charge is 0.336 e. The highest BCUT2D eigenvalue weighted by Crippen LogP contribution is 2.23. The Morgan fingerprint density at radius 3 is 1.66 bits per heavy atom. The van der Waals surface area contributed by atoms with Crippen molar-refractivity contribution in [2.75, 3.05) is 39.8 Å². The Kier molecular flexibility index (Phi) is 30.6. The van der Waals surface area contributed by atoms with Crippen LogP contribution in [0.5, 0.6) is 5.75 Å². The number of nitrogens with one attached hydrogen (secondary N) is 10. The van der Waals surface area contributed by atoms with Crippen LogP contribution in [0.1, 0.15) is 103 Å². The SMILES string of the molecule is COc1ccc2c(CC(=O)NCC(=O)N[C@@H](C)C(=O)N[C@@H](CCCCNC(C)=O)C(=O)N[C@@H](CCCN=C(N)N)C(=O)N[C@@H](Cc3cnc[nH]3)C(=O)N[C@@H](CCCN=C(N)N)C(=O)N[C@@H](CCCCN)C(=O)N[C@H](C(N)=O)C(C)C)cc(=O)oc2c1. The molecule has 10 amide bonds. The number of hydrogen-bond acceptors (Lipinski definition) is 17. The monoisotopic (exact) mass is 1210 g/mol. The Bertz CT molecular complexity index is 2890. The van der Waals surface area contributed by atoms with Gasteiger partial charge in [-0.25, -0.2) is 9.78 Å². The maximum absolute atomic E-state index is 14.6. The van der Waals surface area contributed by atoms with Crippen molar-refractivity contribution in [1.82, 2.24) is 57.8 Å². The molecule has 0 unspecified atom stereocenters. The highest BCUT2D eigenvalue weighted by atomic mass is 16.5. The standard InChI is InChI=1S/C54H85N19O13/c1-29(2)45(46(56)78)73-51(83)37(12-6-8-18-55)69-49(81)38(14-10-20-63-53(57)58)71-52(84)40(24-33-26-61-28-66-33)72-50(82)39(15-11-21-64-54(59)60)70-48(80)36(13-7-9-19-62-31(4)74)68-47(79)30(3)67-43(76)27-65-42(75)22-32-23-44(77)86-41-25-34(85-5)16-17-35(32)41/h16-17,23,25-26,28-30,36-40,45H,6-15,18-22,24,27,55H2,1-5H3,(H2,56,78)(H,61,66)(H,62,74)(H,65,75)(H,67,76)(H,68,79)(H,69,81)(H,70,80)(H,71,84)(H,72,82)(H,73,83)(H4,57,58,63)(H4,59,60,64)/t30-,36-,37-,38-,39-,40-,45-/m0/s1. The summed E-state index contributed by atoms with van der Waals surface area (Å²) in [5.74, 6) is -7.96. The number of carbonyl (C=O) groups is 10. The zero-order chi connectivity index (χ0) is 63.9. The third kappa shape index (κ3) is 26.1. The minimum atomic E-state index is -1.48. The minimum Gasteiger partial charge on any atom is -0.497 e. The number of H-pyrrole nitrogens is 1. The van der Waals surface area contributed by atoms with Gasteiger partial charge < -0.3 is 96.4 Å². The quantitative estimate of drug-likeness (QED) is 0.0111. The van der Waals surface area contributed by atoms with Crippen LogP contribution in [-0.2, 0) is 60.8 Å². The number of amides is 10. The topological polar surface area (TPSA) is 528 Å². The van der Waals surface area contributed by atoms with Crippen molar-refractivity contribution in [3.8, 4) is 5.75 Å². The third-order valence-electron chi connectivity index (χ3n) is 13.2. The molecule has 0 aliphatic carbocycles. The minimum absolute atomic E-state index is 0.000337. The van der Waals surface area contributed by atoms with E-state index in [9.17, 15) is 52.7 Å². The normalized spacial score (nSPS) is 13.4. The fraction of sp³-hybridized carbons (Fsp3) is 0.556. The molecule has 86 heavy (non-hydrogen) atoms. The number of guanidine groups is 2. The number of hydrogen-bond donors (Lipinski definition) is 16. The van der Waals surface area contributed by atoms with Gasteiger partial charge in [-0.2, -0.15) is 0 Å². The van der Waals surface area contributed by atoms with Gasteiger partial charge in [0.1, 0.15) is 53.6 Å². The third-order valence-corrected chi connectivity index (χ3v) is 13.2. The lowest BCUT2D eigenvalue weighted by Crippen LogP contribution is -2.60. The summed E-state index contributed by atoms with van der Waals surface area (Å²) in [6.07, 6.45) is 3.78. The first kappa shape index (κ1) is 70.9. The summed E-state index contributed by atoms with van der Waals surface area (Å²) < 4.78 is 10.4. The van der Waals surface area contributed by atoms with Crippen LogP contribution in [0.25, 0.3) is 11.0 Å². The Morgan fingerprint density at radius 1 is 0.640 bits per heavy atom.